The molecule has 15 heavy (non-hydrogen) atoms. The molecule has 3 N–H and O–H groups in total. The molecule has 0 atom stereocenters. The van der Waals surface area contributed by atoms with Crippen LogP contribution in [0, 0.1) is 5.92 Å². The lowest BCUT2D eigenvalue weighted by molar-refractivity contribution is -0.119. The molecule has 1 saturated heterocycles. The third kappa shape index (κ3) is 5.09. The summed E-state index contributed by atoms with van der Waals surface area (Å²) in [4.78, 5) is 13.6. The summed E-state index contributed by atoms with van der Waals surface area (Å²) in [5, 5.41) is 2.86. The fourth-order valence-corrected chi connectivity index (χ4v) is 2.04. The number of hydrogen-bond acceptors (Lipinski definition) is 3. The summed E-state index contributed by atoms with van der Waals surface area (Å²) in [5.74, 6) is 0.664. The van der Waals surface area contributed by atoms with Gasteiger partial charge in [0.1, 0.15) is 0 Å². The van der Waals surface area contributed by atoms with Crippen LogP contribution in [0.15, 0.2) is 0 Å². The van der Waals surface area contributed by atoms with Gasteiger partial charge in [0.15, 0.2) is 0 Å². The Balaban J connectivity index is 2.18. The van der Waals surface area contributed by atoms with Gasteiger partial charge in [-0.25, -0.2) is 0 Å². The number of hydrogen-bond donors (Lipinski definition) is 2. The molecule has 0 aromatic rings. The van der Waals surface area contributed by atoms with E-state index in [1.807, 2.05) is 0 Å². The maximum Gasteiger partial charge on any atom is 0.216 e. The summed E-state index contributed by atoms with van der Waals surface area (Å²) in [7, 11) is 0. The number of carbonyl (C=O) groups excluding carboxylic acids is 1. The predicted molar refractivity (Wildman–Crippen MR) is 64.6 cm³/mol. The van der Waals surface area contributed by atoms with Gasteiger partial charge < -0.3 is 11.1 Å². The fraction of sp³-hybridized carbons (Fsp3) is 0.800. The van der Waals surface area contributed by atoms with Crippen LogP contribution in [0.3, 0.4) is 0 Å². The smallest absolute Gasteiger partial charge is 0.216 e. The van der Waals surface area contributed by atoms with Crippen molar-refractivity contribution in [2.75, 3.05) is 26.2 Å². The highest BCUT2D eigenvalue weighted by Gasteiger charge is 2.19. The first-order chi connectivity index (χ1) is 7.08. The molecule has 1 rings (SSSR count). The van der Waals surface area contributed by atoms with Crippen molar-refractivity contribution < 1.29 is 4.79 Å². The monoisotopic (exact) mass is 229 g/mol. The summed E-state index contributed by atoms with van der Waals surface area (Å²) in [5.41, 5.74) is 5.49. The minimum Gasteiger partial charge on any atom is -0.392 e. The lowest BCUT2D eigenvalue weighted by Gasteiger charge is -2.31. The molecule has 1 amide bonds. The summed E-state index contributed by atoms with van der Waals surface area (Å²) in [6.07, 6.45) is 2.23. The first-order valence-electron chi connectivity index (χ1n) is 5.33. The highest BCUT2D eigenvalue weighted by atomic mass is 32.1. The maximum absolute atomic E-state index is 10.7. The van der Waals surface area contributed by atoms with E-state index in [-0.39, 0.29) is 5.91 Å². The van der Waals surface area contributed by atoms with Crippen LogP contribution in [-0.4, -0.2) is 42.0 Å². The highest BCUT2D eigenvalue weighted by Crippen LogP contribution is 2.15. The molecule has 0 spiro atoms. The SMILES string of the molecule is CC(=O)NCC1CCN(CC(N)=S)CC1. The van der Waals surface area contributed by atoms with E-state index in [2.05, 4.69) is 10.2 Å². The zero-order valence-electron chi connectivity index (χ0n) is 9.16. The van der Waals surface area contributed by atoms with Crippen molar-refractivity contribution in [1.82, 2.24) is 10.2 Å². The first kappa shape index (κ1) is 12.4. The van der Waals surface area contributed by atoms with Crippen LogP contribution in [0.5, 0.6) is 0 Å². The number of likely N-dealkylation sites (tertiary alicyclic amines) is 1. The molecule has 5 heteroatoms. The Labute approximate surface area is 96.2 Å². The molecule has 0 unspecified atom stereocenters. The fourth-order valence-electron chi connectivity index (χ4n) is 1.86. The number of nitrogens with two attached hydrogens (primary N) is 1. The summed E-state index contributed by atoms with van der Waals surface area (Å²) >= 11 is 4.87. The number of piperidine rings is 1. The third-order valence-electron chi connectivity index (χ3n) is 2.73. The molecule has 1 aliphatic heterocycles. The lowest BCUT2D eigenvalue weighted by atomic mass is 9.97. The number of rotatable bonds is 4. The number of amides is 1. The minimum absolute atomic E-state index is 0.0561. The van der Waals surface area contributed by atoms with Crippen LogP contribution in [0.4, 0.5) is 0 Å². The Morgan fingerprint density at radius 3 is 2.60 bits per heavy atom. The summed E-state index contributed by atoms with van der Waals surface area (Å²) < 4.78 is 0. The van der Waals surface area contributed by atoms with Crippen LogP contribution in [0.1, 0.15) is 19.8 Å². The van der Waals surface area contributed by atoms with Gasteiger partial charge in [0, 0.05) is 20.0 Å². The second-order valence-corrected chi connectivity index (χ2v) is 4.65. The Kier molecular flexibility index (Phi) is 4.98. The van der Waals surface area contributed by atoms with Crippen molar-refractivity contribution in [2.45, 2.75) is 19.8 Å². The molecular formula is C10H19N3OS. The standard InChI is InChI=1S/C10H19N3OS/c1-8(14)12-6-9-2-4-13(5-3-9)7-10(11)15/h9H,2-7H2,1H3,(H2,11,15)(H,12,14). The zero-order valence-corrected chi connectivity index (χ0v) is 9.98. The van der Waals surface area contributed by atoms with E-state index < -0.39 is 0 Å². The quantitative estimate of drug-likeness (QED) is 0.672. The van der Waals surface area contributed by atoms with Crippen LogP contribution >= 0.6 is 12.2 Å². The topological polar surface area (TPSA) is 58.4 Å². The molecule has 86 valence electrons. The van der Waals surface area contributed by atoms with Gasteiger partial charge in [-0.2, -0.15) is 0 Å². The second kappa shape index (κ2) is 6.02. The van der Waals surface area contributed by atoms with Crippen molar-refractivity contribution in [3.8, 4) is 0 Å². The van der Waals surface area contributed by atoms with E-state index in [1.165, 1.54) is 0 Å². The van der Waals surface area contributed by atoms with Gasteiger partial charge in [0.05, 0.1) is 4.99 Å². The molecule has 4 nitrogen and oxygen atoms in total. The minimum atomic E-state index is 0.0561. The van der Waals surface area contributed by atoms with Gasteiger partial charge in [-0.1, -0.05) is 12.2 Å². The van der Waals surface area contributed by atoms with Crippen molar-refractivity contribution in [3.63, 3.8) is 0 Å². The number of carbonyl (C=O) groups is 1. The third-order valence-corrected chi connectivity index (χ3v) is 2.86. The second-order valence-electron chi connectivity index (χ2n) is 4.12. The number of nitrogens with one attached hydrogen (secondary N) is 1. The van der Waals surface area contributed by atoms with E-state index in [9.17, 15) is 4.79 Å². The van der Waals surface area contributed by atoms with Crippen molar-refractivity contribution in [1.29, 1.82) is 0 Å². The van der Waals surface area contributed by atoms with Crippen LogP contribution in [0.2, 0.25) is 0 Å². The largest absolute Gasteiger partial charge is 0.392 e. The summed E-state index contributed by atoms with van der Waals surface area (Å²) in [6.45, 7) is 5.14. The highest BCUT2D eigenvalue weighted by molar-refractivity contribution is 7.80. The van der Waals surface area contributed by atoms with Crippen molar-refractivity contribution in [3.05, 3.63) is 0 Å². The molecule has 0 bridgehead atoms. The molecule has 1 heterocycles. The predicted octanol–water partition coefficient (Wildman–Crippen LogP) is 0.121. The maximum atomic E-state index is 10.7. The Morgan fingerprint density at radius 2 is 2.13 bits per heavy atom. The van der Waals surface area contributed by atoms with E-state index in [0.717, 1.165) is 39.0 Å². The molecule has 0 aromatic heterocycles. The molecule has 0 aromatic carbocycles. The normalized spacial score (nSPS) is 18.7. The zero-order chi connectivity index (χ0) is 11.3. The lowest BCUT2D eigenvalue weighted by Crippen LogP contribution is -2.41. The van der Waals surface area contributed by atoms with Crippen molar-refractivity contribution >= 4 is 23.1 Å². The molecule has 0 saturated carbocycles. The van der Waals surface area contributed by atoms with Gasteiger partial charge in [0.2, 0.25) is 5.91 Å². The Bertz CT molecular complexity index is 237. The van der Waals surface area contributed by atoms with Gasteiger partial charge in [-0.3, -0.25) is 9.69 Å². The van der Waals surface area contributed by atoms with E-state index in [0.29, 0.717) is 10.9 Å². The van der Waals surface area contributed by atoms with E-state index in [4.69, 9.17) is 18.0 Å². The van der Waals surface area contributed by atoms with Gasteiger partial charge in [-0.15, -0.1) is 0 Å². The van der Waals surface area contributed by atoms with Crippen LogP contribution < -0.4 is 11.1 Å². The molecule has 0 radical (unpaired) electrons. The van der Waals surface area contributed by atoms with Gasteiger partial charge in [-0.05, 0) is 31.8 Å². The van der Waals surface area contributed by atoms with E-state index >= 15 is 0 Å². The molecular weight excluding hydrogens is 210 g/mol. The average molecular weight is 229 g/mol. The molecule has 1 fully saturated rings. The van der Waals surface area contributed by atoms with Gasteiger partial charge >= 0.3 is 0 Å². The first-order valence-corrected chi connectivity index (χ1v) is 5.74. The average Bonchev–Trinajstić information content (AvgIpc) is 2.16. The van der Waals surface area contributed by atoms with Crippen LogP contribution in [0.25, 0.3) is 0 Å². The number of thiocarbonyl (C=S) groups is 1. The molecule has 0 aliphatic carbocycles. The van der Waals surface area contributed by atoms with Gasteiger partial charge in [0.25, 0.3) is 0 Å². The Hall–Kier alpha value is -0.680. The van der Waals surface area contributed by atoms with Crippen molar-refractivity contribution in [2.24, 2.45) is 11.7 Å². The van der Waals surface area contributed by atoms with Crippen LogP contribution in [-0.2, 0) is 4.79 Å². The number of nitrogens with zero attached hydrogens (tertiary/aromatic N) is 1. The summed E-state index contributed by atoms with van der Waals surface area (Å²) in [6, 6.07) is 0. The Morgan fingerprint density at radius 1 is 1.53 bits per heavy atom. The van der Waals surface area contributed by atoms with E-state index in [1.54, 1.807) is 6.92 Å². The molecule has 1 aliphatic rings.